The van der Waals surface area contributed by atoms with Gasteiger partial charge in [0, 0.05) is 23.5 Å². The van der Waals surface area contributed by atoms with Gasteiger partial charge in [-0.1, -0.05) is 36.0 Å². The summed E-state index contributed by atoms with van der Waals surface area (Å²) in [7, 11) is 0. The van der Waals surface area contributed by atoms with Crippen molar-refractivity contribution in [1.82, 2.24) is 19.4 Å². The van der Waals surface area contributed by atoms with E-state index in [0.717, 1.165) is 33.0 Å². The van der Waals surface area contributed by atoms with Crippen LogP contribution in [0.25, 0.3) is 16.6 Å². The molecule has 0 saturated heterocycles. The fourth-order valence-corrected chi connectivity index (χ4v) is 3.38. The molecule has 108 valence electrons. The molecule has 0 aliphatic carbocycles. The Balaban J connectivity index is 1.64. The van der Waals surface area contributed by atoms with Crippen LogP contribution in [0.2, 0.25) is 0 Å². The summed E-state index contributed by atoms with van der Waals surface area (Å²) in [6.45, 7) is 2.08. The van der Waals surface area contributed by atoms with E-state index in [2.05, 4.69) is 39.6 Å². The first-order valence-corrected chi connectivity index (χ1v) is 8.05. The molecule has 0 saturated carbocycles. The average molecular weight is 306 g/mol. The zero-order valence-corrected chi connectivity index (χ0v) is 12.9. The van der Waals surface area contributed by atoms with E-state index >= 15 is 0 Å². The van der Waals surface area contributed by atoms with Crippen LogP contribution in [-0.2, 0) is 5.75 Å². The Bertz CT molecular complexity index is 956. The fourth-order valence-electron chi connectivity index (χ4n) is 2.51. The van der Waals surface area contributed by atoms with Crippen molar-refractivity contribution in [2.45, 2.75) is 17.7 Å². The van der Waals surface area contributed by atoms with Crippen LogP contribution in [0.15, 0.2) is 60.1 Å². The van der Waals surface area contributed by atoms with Crippen molar-refractivity contribution in [3.05, 3.63) is 66.4 Å². The lowest BCUT2D eigenvalue weighted by Crippen LogP contribution is -1.88. The zero-order valence-electron chi connectivity index (χ0n) is 12.1. The largest absolute Gasteiger partial charge is 0.307 e. The van der Waals surface area contributed by atoms with Gasteiger partial charge in [-0.2, -0.15) is 0 Å². The van der Waals surface area contributed by atoms with Gasteiger partial charge in [-0.05, 0) is 24.6 Å². The second kappa shape index (κ2) is 5.42. The second-order valence-electron chi connectivity index (χ2n) is 5.14. The predicted molar refractivity (Wildman–Crippen MR) is 89.0 cm³/mol. The Morgan fingerprint density at radius 2 is 2.00 bits per heavy atom. The molecule has 0 amide bonds. The quantitative estimate of drug-likeness (QED) is 0.425. The van der Waals surface area contributed by atoms with Crippen LogP contribution in [0.5, 0.6) is 0 Å². The van der Waals surface area contributed by atoms with Gasteiger partial charge in [-0.3, -0.25) is 0 Å². The van der Waals surface area contributed by atoms with Crippen LogP contribution >= 0.6 is 11.8 Å². The number of benzene rings is 1. The third kappa shape index (κ3) is 2.33. The van der Waals surface area contributed by atoms with E-state index in [9.17, 15) is 0 Å². The topological polar surface area (TPSA) is 43.1 Å². The Morgan fingerprint density at radius 3 is 2.91 bits per heavy atom. The van der Waals surface area contributed by atoms with E-state index in [0.29, 0.717) is 0 Å². The molecular weight excluding hydrogens is 292 g/mol. The molecule has 5 heteroatoms. The summed E-state index contributed by atoms with van der Waals surface area (Å²) in [4.78, 5) is 13.4. The van der Waals surface area contributed by atoms with Crippen molar-refractivity contribution in [2.24, 2.45) is 0 Å². The molecule has 0 aliphatic heterocycles. The van der Waals surface area contributed by atoms with E-state index in [1.165, 1.54) is 5.56 Å². The molecule has 0 unspecified atom stereocenters. The van der Waals surface area contributed by atoms with Crippen LogP contribution in [0.4, 0.5) is 0 Å². The van der Waals surface area contributed by atoms with Crippen molar-refractivity contribution >= 4 is 28.3 Å². The lowest BCUT2D eigenvalue weighted by Gasteiger charge is -2.02. The summed E-state index contributed by atoms with van der Waals surface area (Å²) < 4.78 is 2.07. The molecule has 0 bridgehead atoms. The van der Waals surface area contributed by atoms with Crippen LogP contribution in [0.3, 0.4) is 0 Å². The molecule has 0 N–H and O–H groups in total. The molecule has 0 fully saturated rings. The summed E-state index contributed by atoms with van der Waals surface area (Å²) in [5.41, 5.74) is 4.24. The van der Waals surface area contributed by atoms with Gasteiger partial charge in [-0.15, -0.1) is 0 Å². The molecule has 4 rings (SSSR count). The number of hydrogen-bond acceptors (Lipinski definition) is 4. The highest BCUT2D eigenvalue weighted by atomic mass is 32.2. The highest BCUT2D eigenvalue weighted by molar-refractivity contribution is 7.98. The number of aryl methyl sites for hydroxylation is 1. The lowest BCUT2D eigenvalue weighted by atomic mass is 10.2. The molecule has 4 nitrogen and oxygen atoms in total. The number of aromatic nitrogens is 4. The van der Waals surface area contributed by atoms with Crippen molar-refractivity contribution in [1.29, 1.82) is 0 Å². The normalized spacial score (nSPS) is 11.3. The number of imidazole rings is 1. The van der Waals surface area contributed by atoms with Crippen LogP contribution in [0, 0.1) is 6.92 Å². The SMILES string of the molecule is Cc1cccn2cc(CSc3ncnc4ccccc34)nc12. The molecule has 0 atom stereocenters. The zero-order chi connectivity index (χ0) is 14.9. The summed E-state index contributed by atoms with van der Waals surface area (Å²) in [5.74, 6) is 0.794. The van der Waals surface area contributed by atoms with Gasteiger partial charge in [0.25, 0.3) is 0 Å². The molecule has 0 spiro atoms. The van der Waals surface area contributed by atoms with Crippen molar-refractivity contribution < 1.29 is 0 Å². The highest BCUT2D eigenvalue weighted by Crippen LogP contribution is 2.27. The molecule has 1 aromatic carbocycles. The van der Waals surface area contributed by atoms with E-state index in [1.54, 1.807) is 18.1 Å². The van der Waals surface area contributed by atoms with Crippen LogP contribution < -0.4 is 0 Å². The summed E-state index contributed by atoms with van der Waals surface area (Å²) >= 11 is 1.70. The number of nitrogens with zero attached hydrogens (tertiary/aromatic N) is 4. The number of rotatable bonds is 3. The number of thioether (sulfide) groups is 1. The van der Waals surface area contributed by atoms with Gasteiger partial charge in [0.1, 0.15) is 17.0 Å². The smallest absolute Gasteiger partial charge is 0.139 e. The summed E-state index contributed by atoms with van der Waals surface area (Å²) in [5, 5.41) is 2.09. The van der Waals surface area contributed by atoms with Crippen molar-refractivity contribution in [3.63, 3.8) is 0 Å². The maximum atomic E-state index is 4.71. The molecule has 3 heterocycles. The number of pyridine rings is 1. The number of fused-ring (bicyclic) bond motifs is 2. The van der Waals surface area contributed by atoms with Crippen LogP contribution in [0.1, 0.15) is 11.3 Å². The van der Waals surface area contributed by atoms with Gasteiger partial charge >= 0.3 is 0 Å². The molecule has 4 aromatic rings. The molecule has 3 aromatic heterocycles. The lowest BCUT2D eigenvalue weighted by molar-refractivity contribution is 1.10. The maximum Gasteiger partial charge on any atom is 0.139 e. The second-order valence-corrected chi connectivity index (χ2v) is 6.10. The fraction of sp³-hybridized carbons (Fsp3) is 0.118. The highest BCUT2D eigenvalue weighted by Gasteiger charge is 2.07. The summed E-state index contributed by atoms with van der Waals surface area (Å²) in [6.07, 6.45) is 5.74. The minimum atomic E-state index is 0.794. The Hall–Kier alpha value is -2.40. The van der Waals surface area contributed by atoms with Crippen molar-refractivity contribution in [2.75, 3.05) is 0 Å². The molecule has 0 radical (unpaired) electrons. The first kappa shape index (κ1) is 13.3. The molecule has 22 heavy (non-hydrogen) atoms. The minimum absolute atomic E-state index is 0.794. The van der Waals surface area contributed by atoms with Gasteiger partial charge < -0.3 is 4.40 Å². The van der Waals surface area contributed by atoms with E-state index in [1.807, 2.05) is 30.5 Å². The maximum absolute atomic E-state index is 4.71. The first-order chi connectivity index (χ1) is 10.8. The van der Waals surface area contributed by atoms with Crippen LogP contribution in [-0.4, -0.2) is 19.4 Å². The van der Waals surface area contributed by atoms with Gasteiger partial charge in [0.2, 0.25) is 0 Å². The number of para-hydroxylation sites is 1. The average Bonchev–Trinajstić information content (AvgIpc) is 2.97. The number of hydrogen-bond donors (Lipinski definition) is 0. The monoisotopic (exact) mass is 306 g/mol. The third-order valence-electron chi connectivity index (χ3n) is 3.59. The Labute approximate surface area is 132 Å². The van der Waals surface area contributed by atoms with E-state index in [-0.39, 0.29) is 0 Å². The first-order valence-electron chi connectivity index (χ1n) is 7.07. The van der Waals surface area contributed by atoms with Gasteiger partial charge in [0.15, 0.2) is 0 Å². The Morgan fingerprint density at radius 1 is 1.09 bits per heavy atom. The minimum Gasteiger partial charge on any atom is -0.307 e. The standard InChI is InChI=1S/C17H14N4S/c1-12-5-4-8-21-9-13(20-16(12)21)10-22-17-14-6-2-3-7-15(14)18-11-19-17/h2-9,11H,10H2,1H3. The van der Waals surface area contributed by atoms with E-state index < -0.39 is 0 Å². The van der Waals surface area contributed by atoms with Gasteiger partial charge in [0.05, 0.1) is 11.2 Å². The third-order valence-corrected chi connectivity index (χ3v) is 4.63. The molecular formula is C17H14N4S. The van der Waals surface area contributed by atoms with E-state index in [4.69, 9.17) is 4.98 Å². The predicted octanol–water partition coefficient (Wildman–Crippen LogP) is 3.88. The summed E-state index contributed by atoms with van der Waals surface area (Å²) in [6, 6.07) is 12.2. The Kier molecular flexibility index (Phi) is 3.27. The van der Waals surface area contributed by atoms with Crippen molar-refractivity contribution in [3.8, 4) is 0 Å². The van der Waals surface area contributed by atoms with Gasteiger partial charge in [-0.25, -0.2) is 15.0 Å². The molecule has 0 aliphatic rings.